The van der Waals surface area contributed by atoms with Crippen LogP contribution in [0.2, 0.25) is 0 Å². The smallest absolute Gasteiger partial charge is 0.248 e. The zero-order chi connectivity index (χ0) is 14.8. The Labute approximate surface area is 122 Å². The summed E-state index contributed by atoms with van der Waals surface area (Å²) in [6, 6.07) is -0.252. The van der Waals surface area contributed by atoms with Crippen LogP contribution < -0.4 is 5.32 Å². The van der Waals surface area contributed by atoms with Crippen LogP contribution in [0, 0.1) is 5.92 Å². The molecule has 4 heteroatoms. The molecule has 0 spiro atoms. The first kappa shape index (κ1) is 15.3. The average Bonchev–Trinajstić information content (AvgIpc) is 3.26. The number of nitrogens with zero attached hydrogens (tertiary/aromatic N) is 1. The molecule has 1 unspecified atom stereocenters. The third-order valence-corrected chi connectivity index (χ3v) is 4.96. The molecule has 1 saturated carbocycles. The van der Waals surface area contributed by atoms with Crippen molar-refractivity contribution >= 4 is 11.8 Å². The number of piperazine rings is 1. The Bertz CT molecular complexity index is 373. The van der Waals surface area contributed by atoms with Gasteiger partial charge in [0.2, 0.25) is 11.8 Å². The van der Waals surface area contributed by atoms with Gasteiger partial charge in [-0.05, 0) is 31.6 Å². The second-order valence-corrected chi connectivity index (χ2v) is 6.31. The van der Waals surface area contributed by atoms with Gasteiger partial charge in [0.1, 0.15) is 11.6 Å². The van der Waals surface area contributed by atoms with E-state index in [1.165, 1.54) is 12.8 Å². The van der Waals surface area contributed by atoms with E-state index in [0.29, 0.717) is 12.8 Å². The van der Waals surface area contributed by atoms with Crippen molar-refractivity contribution < 1.29 is 9.59 Å². The van der Waals surface area contributed by atoms with Gasteiger partial charge in [-0.25, -0.2) is 0 Å². The molecule has 1 atom stereocenters. The van der Waals surface area contributed by atoms with Crippen LogP contribution in [0.15, 0.2) is 0 Å². The Hall–Kier alpha value is -1.06. The van der Waals surface area contributed by atoms with Crippen molar-refractivity contribution in [1.82, 2.24) is 10.2 Å². The molecule has 1 N–H and O–H groups in total. The van der Waals surface area contributed by atoms with Crippen LogP contribution in [0.25, 0.3) is 0 Å². The maximum Gasteiger partial charge on any atom is 0.248 e. The largest absolute Gasteiger partial charge is 0.340 e. The number of carbonyl (C=O) groups is 2. The highest BCUT2D eigenvalue weighted by Gasteiger charge is 2.48. The molecule has 0 bridgehead atoms. The third kappa shape index (κ3) is 2.84. The summed E-state index contributed by atoms with van der Waals surface area (Å²) in [5.74, 6) is 0.972. The van der Waals surface area contributed by atoms with E-state index in [-0.39, 0.29) is 17.9 Å². The lowest BCUT2D eigenvalue weighted by molar-refractivity contribution is -0.156. The predicted octanol–water partition coefficient (Wildman–Crippen LogP) is 2.47. The van der Waals surface area contributed by atoms with E-state index in [1.54, 1.807) is 0 Å². The Morgan fingerprint density at radius 3 is 2.30 bits per heavy atom. The summed E-state index contributed by atoms with van der Waals surface area (Å²) >= 11 is 0. The molecule has 1 heterocycles. The van der Waals surface area contributed by atoms with E-state index < -0.39 is 5.54 Å². The lowest BCUT2D eigenvalue weighted by Crippen LogP contribution is -2.70. The maximum absolute atomic E-state index is 12.9. The van der Waals surface area contributed by atoms with Crippen LogP contribution in [0.1, 0.15) is 65.7 Å². The van der Waals surface area contributed by atoms with Crippen molar-refractivity contribution in [3.05, 3.63) is 0 Å². The number of rotatable bonds is 7. The zero-order valence-electron chi connectivity index (χ0n) is 13.1. The highest BCUT2D eigenvalue weighted by atomic mass is 16.2. The van der Waals surface area contributed by atoms with E-state index in [2.05, 4.69) is 12.2 Å². The Balaban J connectivity index is 2.17. The summed E-state index contributed by atoms with van der Waals surface area (Å²) in [4.78, 5) is 27.2. The van der Waals surface area contributed by atoms with Crippen LogP contribution in [0.5, 0.6) is 0 Å². The second kappa shape index (κ2) is 6.15. The molecule has 0 radical (unpaired) electrons. The topological polar surface area (TPSA) is 49.4 Å². The molecule has 2 rings (SSSR count). The van der Waals surface area contributed by atoms with Gasteiger partial charge >= 0.3 is 0 Å². The van der Waals surface area contributed by atoms with Gasteiger partial charge in [-0.15, -0.1) is 0 Å². The number of nitrogens with one attached hydrogen (secondary N) is 1. The molecule has 4 nitrogen and oxygen atoms in total. The zero-order valence-corrected chi connectivity index (χ0v) is 13.1. The van der Waals surface area contributed by atoms with E-state index in [9.17, 15) is 9.59 Å². The van der Waals surface area contributed by atoms with Gasteiger partial charge in [-0.2, -0.15) is 0 Å². The fourth-order valence-electron chi connectivity index (χ4n) is 3.21. The first-order chi connectivity index (χ1) is 9.57. The first-order valence-electron chi connectivity index (χ1n) is 8.21. The number of hydrogen-bond acceptors (Lipinski definition) is 2. The summed E-state index contributed by atoms with van der Waals surface area (Å²) in [7, 11) is 0. The van der Waals surface area contributed by atoms with E-state index in [0.717, 1.165) is 31.7 Å². The minimum Gasteiger partial charge on any atom is -0.340 e. The third-order valence-electron chi connectivity index (χ3n) is 4.96. The Kier molecular flexibility index (Phi) is 4.71. The molecular weight excluding hydrogens is 252 g/mol. The lowest BCUT2D eigenvalue weighted by atomic mass is 9.86. The van der Waals surface area contributed by atoms with Crippen molar-refractivity contribution in [1.29, 1.82) is 0 Å². The van der Waals surface area contributed by atoms with Gasteiger partial charge in [0.05, 0.1) is 0 Å². The van der Waals surface area contributed by atoms with Gasteiger partial charge in [0.25, 0.3) is 0 Å². The molecular formula is C16H28N2O2. The normalized spacial score (nSPS) is 25.8. The van der Waals surface area contributed by atoms with E-state index in [1.807, 2.05) is 18.7 Å². The summed E-state index contributed by atoms with van der Waals surface area (Å²) < 4.78 is 0. The van der Waals surface area contributed by atoms with Crippen molar-refractivity contribution in [2.24, 2.45) is 5.92 Å². The second-order valence-electron chi connectivity index (χ2n) is 6.31. The van der Waals surface area contributed by atoms with Gasteiger partial charge in [-0.1, -0.05) is 40.0 Å². The molecule has 0 aromatic heterocycles. The predicted molar refractivity (Wildman–Crippen MR) is 79.2 cm³/mol. The van der Waals surface area contributed by atoms with Crippen molar-refractivity contribution in [2.75, 3.05) is 6.54 Å². The molecule has 0 aromatic rings. The SMILES string of the molecule is CCCC1C(=O)NC(CC)(CC)C(=O)N1CCC1CC1. The van der Waals surface area contributed by atoms with Crippen LogP contribution in [-0.2, 0) is 9.59 Å². The molecule has 2 aliphatic rings. The Morgan fingerprint density at radius 1 is 1.15 bits per heavy atom. The van der Waals surface area contributed by atoms with Gasteiger partial charge in [-0.3, -0.25) is 9.59 Å². The van der Waals surface area contributed by atoms with E-state index in [4.69, 9.17) is 0 Å². The highest BCUT2D eigenvalue weighted by Crippen LogP contribution is 2.34. The van der Waals surface area contributed by atoms with Crippen LogP contribution in [0.3, 0.4) is 0 Å². The fourth-order valence-corrected chi connectivity index (χ4v) is 3.21. The molecule has 0 aromatic carbocycles. The van der Waals surface area contributed by atoms with Crippen LogP contribution >= 0.6 is 0 Å². The van der Waals surface area contributed by atoms with Crippen molar-refractivity contribution in [3.8, 4) is 0 Å². The molecule has 2 amide bonds. The van der Waals surface area contributed by atoms with Crippen molar-refractivity contribution in [3.63, 3.8) is 0 Å². The summed E-state index contributed by atoms with van der Waals surface area (Å²) in [5.41, 5.74) is -0.662. The molecule has 1 aliphatic carbocycles. The van der Waals surface area contributed by atoms with Gasteiger partial charge < -0.3 is 10.2 Å². The van der Waals surface area contributed by atoms with Crippen LogP contribution in [-0.4, -0.2) is 34.8 Å². The van der Waals surface area contributed by atoms with Gasteiger partial charge in [0.15, 0.2) is 0 Å². The standard InChI is InChI=1S/C16H28N2O2/c1-4-7-13-14(19)17-16(5-2,6-3)15(20)18(13)11-10-12-8-9-12/h12-13H,4-11H2,1-3H3,(H,17,19). The number of hydrogen-bond donors (Lipinski definition) is 1. The fraction of sp³-hybridized carbons (Fsp3) is 0.875. The van der Waals surface area contributed by atoms with Crippen LogP contribution in [0.4, 0.5) is 0 Å². The average molecular weight is 280 g/mol. The van der Waals surface area contributed by atoms with Gasteiger partial charge in [0, 0.05) is 6.54 Å². The molecule has 1 aliphatic heterocycles. The molecule has 1 saturated heterocycles. The highest BCUT2D eigenvalue weighted by molar-refractivity contribution is 5.99. The minimum absolute atomic E-state index is 0.0472. The molecule has 2 fully saturated rings. The Morgan fingerprint density at radius 2 is 1.80 bits per heavy atom. The number of carbonyl (C=O) groups excluding carboxylic acids is 2. The molecule has 20 heavy (non-hydrogen) atoms. The maximum atomic E-state index is 12.9. The monoisotopic (exact) mass is 280 g/mol. The molecule has 114 valence electrons. The first-order valence-corrected chi connectivity index (χ1v) is 8.21. The summed E-state index contributed by atoms with van der Waals surface area (Å²) in [6.07, 6.45) is 6.68. The minimum atomic E-state index is -0.662. The number of amides is 2. The summed E-state index contributed by atoms with van der Waals surface area (Å²) in [5, 5.41) is 3.02. The van der Waals surface area contributed by atoms with E-state index >= 15 is 0 Å². The quantitative estimate of drug-likeness (QED) is 0.779. The summed E-state index contributed by atoms with van der Waals surface area (Å²) in [6.45, 7) is 6.80. The lowest BCUT2D eigenvalue weighted by Gasteiger charge is -2.45. The van der Waals surface area contributed by atoms with Crippen molar-refractivity contribution in [2.45, 2.75) is 77.3 Å².